The van der Waals surface area contributed by atoms with Gasteiger partial charge in [-0.3, -0.25) is 0 Å². The molecule has 1 fully saturated rings. The Hall–Kier alpha value is -2.04. The van der Waals surface area contributed by atoms with Crippen LogP contribution in [0.3, 0.4) is 0 Å². The summed E-state index contributed by atoms with van der Waals surface area (Å²) in [4.78, 5) is 23.9. The van der Waals surface area contributed by atoms with Gasteiger partial charge in [0.05, 0.1) is 5.56 Å². The largest absolute Gasteiger partial charge is 0.508 e. The second-order valence-corrected chi connectivity index (χ2v) is 6.98. The lowest BCUT2D eigenvalue weighted by atomic mass is 9.75. The van der Waals surface area contributed by atoms with Crippen molar-refractivity contribution in [2.24, 2.45) is 17.8 Å². The molecular weight excluding hydrogens is 308 g/mol. The molecule has 0 unspecified atom stereocenters. The van der Waals surface area contributed by atoms with E-state index in [0.717, 1.165) is 19.3 Å². The van der Waals surface area contributed by atoms with Crippen molar-refractivity contribution < 1.29 is 24.2 Å². The molecule has 0 aromatic heterocycles. The SMILES string of the molecule is CC(C)[C@@H]1CC[C@@H](C)C[C@@H]1OC(=O)COC(=O)c1ccc(O)cc1. The highest BCUT2D eigenvalue weighted by atomic mass is 16.6. The van der Waals surface area contributed by atoms with Crippen molar-refractivity contribution in [3.63, 3.8) is 0 Å². The van der Waals surface area contributed by atoms with E-state index in [-0.39, 0.29) is 17.4 Å². The van der Waals surface area contributed by atoms with Gasteiger partial charge in [0, 0.05) is 0 Å². The predicted molar refractivity (Wildman–Crippen MR) is 89.6 cm³/mol. The maximum atomic E-state index is 12.0. The molecule has 2 rings (SSSR count). The number of hydrogen-bond donors (Lipinski definition) is 1. The van der Waals surface area contributed by atoms with Gasteiger partial charge in [-0.15, -0.1) is 0 Å². The summed E-state index contributed by atoms with van der Waals surface area (Å²) in [6.07, 6.45) is 2.98. The van der Waals surface area contributed by atoms with Crippen LogP contribution < -0.4 is 0 Å². The van der Waals surface area contributed by atoms with Crippen LogP contribution in [-0.2, 0) is 14.3 Å². The number of carbonyl (C=O) groups is 2. The van der Waals surface area contributed by atoms with Gasteiger partial charge in [-0.1, -0.05) is 27.2 Å². The van der Waals surface area contributed by atoms with Gasteiger partial charge in [0.1, 0.15) is 11.9 Å². The summed E-state index contributed by atoms with van der Waals surface area (Å²) in [7, 11) is 0. The first-order valence-corrected chi connectivity index (χ1v) is 8.52. The zero-order valence-corrected chi connectivity index (χ0v) is 14.5. The predicted octanol–water partition coefficient (Wildman–Crippen LogP) is 3.55. The van der Waals surface area contributed by atoms with E-state index < -0.39 is 18.5 Å². The van der Waals surface area contributed by atoms with Crippen LogP contribution >= 0.6 is 0 Å². The quantitative estimate of drug-likeness (QED) is 0.834. The molecule has 0 amide bonds. The number of hydrogen-bond acceptors (Lipinski definition) is 5. The Balaban J connectivity index is 1.85. The Bertz CT molecular complexity index is 564. The minimum absolute atomic E-state index is 0.0668. The first kappa shape index (κ1) is 18.3. The average molecular weight is 334 g/mol. The van der Waals surface area contributed by atoms with E-state index in [2.05, 4.69) is 20.8 Å². The first-order valence-electron chi connectivity index (χ1n) is 8.52. The van der Waals surface area contributed by atoms with E-state index in [1.807, 2.05) is 0 Å². The second-order valence-electron chi connectivity index (χ2n) is 6.98. The smallest absolute Gasteiger partial charge is 0.344 e. The third-order valence-electron chi connectivity index (χ3n) is 4.67. The van der Waals surface area contributed by atoms with Gasteiger partial charge in [0.15, 0.2) is 6.61 Å². The van der Waals surface area contributed by atoms with Gasteiger partial charge in [-0.05, 0) is 54.9 Å². The second kappa shape index (κ2) is 8.18. The molecule has 5 nitrogen and oxygen atoms in total. The van der Waals surface area contributed by atoms with Crippen molar-refractivity contribution in [3.8, 4) is 5.75 Å². The Morgan fingerprint density at radius 3 is 2.50 bits per heavy atom. The minimum Gasteiger partial charge on any atom is -0.508 e. The summed E-state index contributed by atoms with van der Waals surface area (Å²) in [5.74, 6) is 0.304. The van der Waals surface area contributed by atoms with Crippen molar-refractivity contribution in [3.05, 3.63) is 29.8 Å². The number of rotatable bonds is 5. The number of esters is 2. The number of aromatic hydroxyl groups is 1. The van der Waals surface area contributed by atoms with E-state index in [1.165, 1.54) is 24.3 Å². The third-order valence-corrected chi connectivity index (χ3v) is 4.67. The normalized spacial score (nSPS) is 23.8. The van der Waals surface area contributed by atoms with Crippen molar-refractivity contribution in [2.45, 2.75) is 46.1 Å². The van der Waals surface area contributed by atoms with E-state index in [4.69, 9.17) is 9.47 Å². The van der Waals surface area contributed by atoms with Crippen molar-refractivity contribution in [2.75, 3.05) is 6.61 Å². The van der Waals surface area contributed by atoms with Gasteiger partial charge < -0.3 is 14.6 Å². The molecule has 3 atom stereocenters. The number of phenols is 1. The minimum atomic E-state index is -0.607. The molecule has 0 saturated heterocycles. The molecule has 1 N–H and O–H groups in total. The highest BCUT2D eigenvalue weighted by molar-refractivity contribution is 5.90. The summed E-state index contributed by atoms with van der Waals surface area (Å²) in [5.41, 5.74) is 0.284. The van der Waals surface area contributed by atoms with Crippen LogP contribution in [0.4, 0.5) is 0 Å². The lowest BCUT2D eigenvalue weighted by Crippen LogP contribution is -2.36. The van der Waals surface area contributed by atoms with Gasteiger partial charge in [-0.25, -0.2) is 9.59 Å². The number of carbonyl (C=O) groups excluding carboxylic acids is 2. The van der Waals surface area contributed by atoms with Crippen LogP contribution in [0.15, 0.2) is 24.3 Å². The molecule has 1 saturated carbocycles. The molecule has 0 bridgehead atoms. The lowest BCUT2D eigenvalue weighted by molar-refractivity contribution is -0.159. The Labute approximate surface area is 143 Å². The zero-order valence-electron chi connectivity index (χ0n) is 14.5. The number of benzene rings is 1. The fraction of sp³-hybridized carbons (Fsp3) is 0.579. The summed E-state index contributed by atoms with van der Waals surface area (Å²) in [6.45, 7) is 6.07. The van der Waals surface area contributed by atoms with Crippen molar-refractivity contribution in [1.29, 1.82) is 0 Å². The molecule has 1 aliphatic carbocycles. The highest BCUT2D eigenvalue weighted by Crippen LogP contribution is 2.35. The number of ether oxygens (including phenoxy) is 2. The lowest BCUT2D eigenvalue weighted by Gasteiger charge is -2.36. The summed E-state index contributed by atoms with van der Waals surface area (Å²) in [6, 6.07) is 5.68. The van der Waals surface area contributed by atoms with Crippen LogP contribution in [0.5, 0.6) is 5.75 Å². The first-order chi connectivity index (χ1) is 11.4. The van der Waals surface area contributed by atoms with Crippen LogP contribution in [0.1, 0.15) is 50.4 Å². The Morgan fingerprint density at radius 1 is 1.21 bits per heavy atom. The van der Waals surface area contributed by atoms with Crippen LogP contribution in [-0.4, -0.2) is 29.8 Å². The number of phenolic OH excluding ortho intramolecular Hbond substituents is 1. The molecule has 0 radical (unpaired) electrons. The maximum Gasteiger partial charge on any atom is 0.344 e. The van der Waals surface area contributed by atoms with Gasteiger partial charge in [0.25, 0.3) is 0 Å². The fourth-order valence-corrected chi connectivity index (χ4v) is 3.26. The van der Waals surface area contributed by atoms with Gasteiger partial charge in [0.2, 0.25) is 0 Å². The molecule has 1 aromatic rings. The molecule has 1 aromatic carbocycles. The maximum absolute atomic E-state index is 12.0. The third kappa shape index (κ3) is 4.98. The van der Waals surface area contributed by atoms with Crippen LogP contribution in [0.2, 0.25) is 0 Å². The average Bonchev–Trinajstić information content (AvgIpc) is 2.53. The van der Waals surface area contributed by atoms with Gasteiger partial charge in [-0.2, -0.15) is 0 Å². The Morgan fingerprint density at radius 2 is 1.88 bits per heavy atom. The summed E-state index contributed by atoms with van der Waals surface area (Å²) < 4.78 is 10.6. The molecule has 1 aliphatic rings. The molecule has 5 heteroatoms. The van der Waals surface area contributed by atoms with Gasteiger partial charge >= 0.3 is 11.9 Å². The molecule has 24 heavy (non-hydrogen) atoms. The summed E-state index contributed by atoms with van der Waals surface area (Å²) >= 11 is 0. The van der Waals surface area contributed by atoms with E-state index in [1.54, 1.807) is 0 Å². The molecule has 0 aliphatic heterocycles. The monoisotopic (exact) mass is 334 g/mol. The van der Waals surface area contributed by atoms with E-state index in [9.17, 15) is 14.7 Å². The highest BCUT2D eigenvalue weighted by Gasteiger charge is 2.33. The Kier molecular flexibility index (Phi) is 6.23. The standard InChI is InChI=1S/C19H26O5/c1-12(2)16-9-4-13(3)10-17(16)24-18(21)11-23-19(22)14-5-7-15(20)8-6-14/h5-8,12-13,16-17,20H,4,9-11H2,1-3H3/t13-,16+,17+/m1/s1. The molecule has 0 heterocycles. The van der Waals surface area contributed by atoms with Crippen LogP contribution in [0.25, 0.3) is 0 Å². The topological polar surface area (TPSA) is 72.8 Å². The van der Waals surface area contributed by atoms with Crippen molar-refractivity contribution in [1.82, 2.24) is 0 Å². The fourth-order valence-electron chi connectivity index (χ4n) is 3.26. The van der Waals surface area contributed by atoms with E-state index in [0.29, 0.717) is 17.8 Å². The van der Waals surface area contributed by atoms with E-state index >= 15 is 0 Å². The summed E-state index contributed by atoms with van der Waals surface area (Å²) in [5, 5.41) is 9.20. The molecular formula is C19H26O5. The zero-order chi connectivity index (χ0) is 17.7. The molecule has 0 spiro atoms. The van der Waals surface area contributed by atoms with Crippen LogP contribution in [0, 0.1) is 17.8 Å². The molecule has 132 valence electrons. The van der Waals surface area contributed by atoms with Crippen molar-refractivity contribution >= 4 is 11.9 Å².